The lowest BCUT2D eigenvalue weighted by atomic mass is 10.1. The monoisotopic (exact) mass is 272 g/mol. The summed E-state index contributed by atoms with van der Waals surface area (Å²) >= 11 is 1.72. The van der Waals surface area contributed by atoms with Crippen LogP contribution in [0.5, 0.6) is 5.75 Å². The summed E-state index contributed by atoms with van der Waals surface area (Å²) in [7, 11) is 1.58. The number of hydrogen-bond donors (Lipinski definition) is 1. The van der Waals surface area contributed by atoms with Gasteiger partial charge in [-0.3, -0.25) is 0 Å². The molecular weight excluding hydrogens is 256 g/mol. The van der Waals surface area contributed by atoms with E-state index in [1.807, 2.05) is 18.2 Å². The van der Waals surface area contributed by atoms with Gasteiger partial charge in [0.15, 0.2) is 0 Å². The van der Waals surface area contributed by atoms with Gasteiger partial charge in [0, 0.05) is 13.1 Å². The third-order valence-electron chi connectivity index (χ3n) is 2.99. The van der Waals surface area contributed by atoms with Crippen LogP contribution in [-0.4, -0.2) is 7.11 Å². The van der Waals surface area contributed by atoms with E-state index in [0.29, 0.717) is 11.3 Å². The van der Waals surface area contributed by atoms with E-state index in [1.54, 1.807) is 18.4 Å². The minimum absolute atomic E-state index is 0.577. The minimum atomic E-state index is 0.577. The molecule has 0 fully saturated rings. The Kier molecular flexibility index (Phi) is 4.56. The number of hydrogen-bond acceptors (Lipinski definition) is 4. The zero-order valence-electron chi connectivity index (χ0n) is 11.1. The van der Waals surface area contributed by atoms with Gasteiger partial charge in [-0.05, 0) is 46.5 Å². The molecule has 0 aliphatic heterocycles. The SMILES string of the molecule is COc1ccc(CNCc2cscc2C)cc1C#N. The molecule has 0 unspecified atom stereocenters. The van der Waals surface area contributed by atoms with E-state index < -0.39 is 0 Å². The van der Waals surface area contributed by atoms with Crippen LogP contribution in [0.2, 0.25) is 0 Å². The van der Waals surface area contributed by atoms with E-state index >= 15 is 0 Å². The van der Waals surface area contributed by atoms with E-state index in [-0.39, 0.29) is 0 Å². The number of nitrogens with zero attached hydrogens (tertiary/aromatic N) is 1. The molecule has 2 rings (SSSR count). The Morgan fingerprint density at radius 2 is 2.16 bits per heavy atom. The Labute approximate surface area is 117 Å². The zero-order chi connectivity index (χ0) is 13.7. The molecular formula is C15H16N2OS. The number of methoxy groups -OCH3 is 1. The molecule has 98 valence electrons. The van der Waals surface area contributed by atoms with Gasteiger partial charge in [-0.25, -0.2) is 0 Å². The summed E-state index contributed by atoms with van der Waals surface area (Å²) in [6.07, 6.45) is 0. The van der Waals surface area contributed by atoms with Crippen LogP contribution in [0.4, 0.5) is 0 Å². The number of nitrogens with one attached hydrogen (secondary N) is 1. The topological polar surface area (TPSA) is 45.0 Å². The van der Waals surface area contributed by atoms with Gasteiger partial charge in [0.25, 0.3) is 0 Å². The molecule has 0 radical (unpaired) electrons. The van der Waals surface area contributed by atoms with E-state index in [4.69, 9.17) is 10.00 Å². The van der Waals surface area contributed by atoms with Gasteiger partial charge in [0.05, 0.1) is 12.7 Å². The first-order valence-corrected chi connectivity index (χ1v) is 6.98. The number of benzene rings is 1. The summed E-state index contributed by atoms with van der Waals surface area (Å²) in [5.74, 6) is 0.625. The van der Waals surface area contributed by atoms with E-state index in [9.17, 15) is 0 Å². The molecule has 0 saturated carbocycles. The van der Waals surface area contributed by atoms with Crippen molar-refractivity contribution in [2.24, 2.45) is 0 Å². The van der Waals surface area contributed by atoms with Crippen LogP contribution >= 0.6 is 11.3 Å². The Bertz CT molecular complexity index is 598. The molecule has 0 atom stereocenters. The summed E-state index contributed by atoms with van der Waals surface area (Å²) < 4.78 is 5.13. The summed E-state index contributed by atoms with van der Waals surface area (Å²) in [6.45, 7) is 3.71. The number of nitriles is 1. The lowest BCUT2D eigenvalue weighted by molar-refractivity contribution is 0.413. The fraction of sp³-hybridized carbons (Fsp3) is 0.267. The van der Waals surface area contributed by atoms with Gasteiger partial charge in [-0.2, -0.15) is 16.6 Å². The third-order valence-corrected chi connectivity index (χ3v) is 3.90. The van der Waals surface area contributed by atoms with Crippen molar-refractivity contribution in [1.29, 1.82) is 5.26 Å². The van der Waals surface area contributed by atoms with Crippen LogP contribution in [-0.2, 0) is 13.1 Å². The van der Waals surface area contributed by atoms with E-state index in [2.05, 4.69) is 29.1 Å². The molecule has 0 spiro atoms. The Morgan fingerprint density at radius 3 is 2.79 bits per heavy atom. The number of rotatable bonds is 5. The largest absolute Gasteiger partial charge is 0.495 e. The maximum atomic E-state index is 9.04. The van der Waals surface area contributed by atoms with E-state index in [1.165, 1.54) is 11.1 Å². The number of thiophene rings is 1. The van der Waals surface area contributed by atoms with Crippen molar-refractivity contribution in [2.75, 3.05) is 7.11 Å². The van der Waals surface area contributed by atoms with Gasteiger partial charge >= 0.3 is 0 Å². The second-order valence-corrected chi connectivity index (χ2v) is 5.07. The molecule has 1 aromatic heterocycles. The molecule has 3 nitrogen and oxygen atoms in total. The van der Waals surface area contributed by atoms with Gasteiger partial charge in [-0.1, -0.05) is 6.07 Å². The van der Waals surface area contributed by atoms with Gasteiger partial charge in [0.2, 0.25) is 0 Å². The predicted molar refractivity (Wildman–Crippen MR) is 77.3 cm³/mol. The first kappa shape index (κ1) is 13.6. The molecule has 0 amide bonds. The number of ether oxygens (including phenoxy) is 1. The smallest absolute Gasteiger partial charge is 0.136 e. The highest BCUT2D eigenvalue weighted by atomic mass is 32.1. The fourth-order valence-electron chi connectivity index (χ4n) is 1.86. The molecule has 0 saturated heterocycles. The highest BCUT2D eigenvalue weighted by Gasteiger charge is 2.04. The quantitative estimate of drug-likeness (QED) is 0.909. The maximum Gasteiger partial charge on any atom is 0.136 e. The molecule has 0 bridgehead atoms. The van der Waals surface area contributed by atoms with Crippen molar-refractivity contribution in [2.45, 2.75) is 20.0 Å². The Morgan fingerprint density at radius 1 is 1.32 bits per heavy atom. The molecule has 19 heavy (non-hydrogen) atoms. The zero-order valence-corrected chi connectivity index (χ0v) is 11.9. The van der Waals surface area contributed by atoms with Crippen molar-refractivity contribution < 1.29 is 4.74 Å². The van der Waals surface area contributed by atoms with Crippen molar-refractivity contribution in [3.8, 4) is 11.8 Å². The van der Waals surface area contributed by atoms with Crippen molar-refractivity contribution in [3.05, 3.63) is 51.2 Å². The highest BCUT2D eigenvalue weighted by molar-refractivity contribution is 7.08. The van der Waals surface area contributed by atoms with Crippen LogP contribution in [0.15, 0.2) is 29.0 Å². The molecule has 1 heterocycles. The molecule has 1 aromatic carbocycles. The average molecular weight is 272 g/mol. The number of aryl methyl sites for hydroxylation is 1. The Balaban J connectivity index is 1.97. The van der Waals surface area contributed by atoms with Gasteiger partial charge in [0.1, 0.15) is 11.8 Å². The first-order valence-electron chi connectivity index (χ1n) is 6.04. The highest BCUT2D eigenvalue weighted by Crippen LogP contribution is 2.19. The molecule has 4 heteroatoms. The summed E-state index contributed by atoms with van der Waals surface area (Å²) in [5, 5.41) is 16.7. The van der Waals surface area contributed by atoms with Crippen LogP contribution in [0.25, 0.3) is 0 Å². The minimum Gasteiger partial charge on any atom is -0.495 e. The summed E-state index contributed by atoms with van der Waals surface area (Å²) in [6, 6.07) is 7.83. The van der Waals surface area contributed by atoms with Gasteiger partial charge in [-0.15, -0.1) is 0 Å². The van der Waals surface area contributed by atoms with Gasteiger partial charge < -0.3 is 10.1 Å². The maximum absolute atomic E-state index is 9.04. The van der Waals surface area contributed by atoms with Crippen molar-refractivity contribution >= 4 is 11.3 Å². The second kappa shape index (κ2) is 6.37. The average Bonchev–Trinajstić information content (AvgIpc) is 2.84. The second-order valence-electron chi connectivity index (χ2n) is 4.33. The lowest BCUT2D eigenvalue weighted by Crippen LogP contribution is -2.12. The summed E-state index contributed by atoms with van der Waals surface area (Å²) in [4.78, 5) is 0. The molecule has 0 aliphatic carbocycles. The first-order chi connectivity index (χ1) is 9.24. The molecule has 2 aromatic rings. The summed E-state index contributed by atoms with van der Waals surface area (Å²) in [5.41, 5.74) is 4.32. The van der Waals surface area contributed by atoms with Crippen LogP contribution in [0.1, 0.15) is 22.3 Å². The lowest BCUT2D eigenvalue weighted by Gasteiger charge is -2.07. The standard InChI is InChI=1S/C15H16N2OS/c1-11-9-19-10-14(11)8-17-7-12-3-4-15(18-2)13(5-12)6-16/h3-5,9-10,17H,7-8H2,1-2H3. The normalized spacial score (nSPS) is 10.2. The third kappa shape index (κ3) is 3.34. The van der Waals surface area contributed by atoms with Crippen LogP contribution < -0.4 is 10.1 Å². The van der Waals surface area contributed by atoms with Crippen molar-refractivity contribution in [3.63, 3.8) is 0 Å². The van der Waals surface area contributed by atoms with Crippen LogP contribution in [0, 0.1) is 18.3 Å². The van der Waals surface area contributed by atoms with Crippen LogP contribution in [0.3, 0.4) is 0 Å². The molecule has 0 aliphatic rings. The van der Waals surface area contributed by atoms with Crippen molar-refractivity contribution in [1.82, 2.24) is 5.32 Å². The van der Waals surface area contributed by atoms with E-state index in [0.717, 1.165) is 18.7 Å². The molecule has 1 N–H and O–H groups in total. The fourth-order valence-corrected chi connectivity index (χ4v) is 2.72. The Hall–Kier alpha value is -1.83. The predicted octanol–water partition coefficient (Wildman–Crippen LogP) is 3.23.